The Balaban J connectivity index is 0.960. The molecule has 0 fully saturated rings. The van der Waals surface area contributed by atoms with E-state index in [9.17, 15) is 0 Å². The van der Waals surface area contributed by atoms with Crippen LogP contribution in [-0.2, 0) is 9.13 Å². The summed E-state index contributed by atoms with van der Waals surface area (Å²) < 4.78 is 32.8. The average Bonchev–Trinajstić information content (AvgIpc) is 3.82. The van der Waals surface area contributed by atoms with Crippen molar-refractivity contribution in [2.24, 2.45) is 0 Å². The van der Waals surface area contributed by atoms with E-state index in [-0.39, 0.29) is 0 Å². The zero-order valence-electron chi connectivity index (χ0n) is 37.4. The van der Waals surface area contributed by atoms with Crippen LogP contribution in [0.25, 0.3) is 82.2 Å². The van der Waals surface area contributed by atoms with Crippen LogP contribution >= 0.6 is 14.3 Å². The lowest BCUT2D eigenvalue weighted by atomic mass is 9.96. The van der Waals surface area contributed by atoms with Crippen LogP contribution in [-0.4, -0.2) is 9.38 Å². The highest BCUT2D eigenvalue weighted by Gasteiger charge is 2.31. The van der Waals surface area contributed by atoms with Crippen molar-refractivity contribution in [3.63, 3.8) is 0 Å². The Labute approximate surface area is 399 Å². The van der Waals surface area contributed by atoms with E-state index in [1.54, 1.807) is 0 Å². The fourth-order valence-corrected chi connectivity index (χ4v) is 15.8. The van der Waals surface area contributed by atoms with Gasteiger partial charge in [0.15, 0.2) is 14.3 Å². The molecule has 0 unspecified atom stereocenters. The van der Waals surface area contributed by atoms with Crippen molar-refractivity contribution in [3.8, 4) is 22.3 Å². The Morgan fingerprint density at radius 2 is 0.739 bits per heavy atom. The van der Waals surface area contributed by atoms with Crippen LogP contribution in [0.1, 0.15) is 0 Å². The summed E-state index contributed by atoms with van der Waals surface area (Å²) >= 11 is 0. The van der Waals surface area contributed by atoms with Crippen LogP contribution in [0.3, 0.4) is 0 Å². The van der Waals surface area contributed by atoms with Gasteiger partial charge in [0.1, 0.15) is 5.65 Å². The Morgan fingerprint density at radius 3 is 1.39 bits per heavy atom. The lowest BCUT2D eigenvalue weighted by molar-refractivity contribution is 0.591. The van der Waals surface area contributed by atoms with Crippen molar-refractivity contribution in [1.29, 1.82) is 0 Å². The van der Waals surface area contributed by atoms with E-state index in [0.717, 1.165) is 97.8 Å². The van der Waals surface area contributed by atoms with Crippen LogP contribution in [0.4, 0.5) is 0 Å². The highest BCUT2D eigenvalue weighted by Crippen LogP contribution is 2.45. The Morgan fingerprint density at radius 1 is 0.304 bits per heavy atom. The SMILES string of the molecule is O=P(c1ccccc1)(c1ccccc1)c1ccc(-c2ccc3nc4c5ccc6ccccc6c5c5ccc(-c6ccc7cc(P(=O)(c8ccccc8)c8ccccc8)ccc7c6)cc5n4c3c2)cc1. The first-order valence-corrected chi connectivity index (χ1v) is 26.6. The maximum absolute atomic E-state index is 15.3. The minimum atomic E-state index is -3.13. The molecule has 6 heteroatoms. The van der Waals surface area contributed by atoms with Crippen molar-refractivity contribution >= 4 is 106 Å². The van der Waals surface area contributed by atoms with E-state index in [1.165, 1.54) is 16.2 Å². The third kappa shape index (κ3) is 6.63. The molecule has 0 N–H and O–H groups in total. The lowest BCUT2D eigenvalue weighted by Gasteiger charge is -2.20. The number of hydrogen-bond donors (Lipinski definition) is 0. The minimum absolute atomic E-state index is 0.797. The van der Waals surface area contributed by atoms with Crippen LogP contribution in [0.2, 0.25) is 0 Å². The normalized spacial score (nSPS) is 12.2. The number of pyridine rings is 1. The first-order valence-electron chi connectivity index (χ1n) is 23.2. The number of benzene rings is 11. The van der Waals surface area contributed by atoms with Gasteiger partial charge in [-0.2, -0.15) is 0 Å². The third-order valence-corrected chi connectivity index (χ3v) is 20.0. The molecule has 0 aliphatic heterocycles. The quantitative estimate of drug-likeness (QED) is 0.113. The molecule has 4 nitrogen and oxygen atoms in total. The van der Waals surface area contributed by atoms with Gasteiger partial charge in [-0.15, -0.1) is 0 Å². The molecule has 0 saturated heterocycles. The molecule has 0 saturated carbocycles. The molecule has 69 heavy (non-hydrogen) atoms. The second kappa shape index (κ2) is 16.3. The topological polar surface area (TPSA) is 51.4 Å². The minimum Gasteiger partial charge on any atom is -0.309 e. The lowest BCUT2D eigenvalue weighted by Crippen LogP contribution is -2.24. The summed E-state index contributed by atoms with van der Waals surface area (Å²) in [4.78, 5) is 5.37. The van der Waals surface area contributed by atoms with Gasteiger partial charge in [0.2, 0.25) is 0 Å². The molecule has 0 bridgehead atoms. The van der Waals surface area contributed by atoms with Gasteiger partial charge in [-0.05, 0) is 80.2 Å². The van der Waals surface area contributed by atoms with Gasteiger partial charge in [0.25, 0.3) is 0 Å². The standard InChI is InChI=1S/C63H42N2O2P2/c66-68(50-16-5-1-6-17-50,51-18-7-2-8-19-51)54-33-27-43(28-34-54)48-32-38-59-61(42-48)65-60-41-49(31-36-57(60)62-56-24-14-13-15-44(56)30-37-58(62)63(65)64-59)45-25-26-47-40-55(35-29-46(47)39-45)69(67,52-20-9-3-10-21-52)53-22-11-4-12-23-53/h1-42H. The van der Waals surface area contributed by atoms with Crippen molar-refractivity contribution in [1.82, 2.24) is 9.38 Å². The van der Waals surface area contributed by atoms with Gasteiger partial charge in [0, 0.05) is 48.0 Å². The van der Waals surface area contributed by atoms with E-state index in [0.29, 0.717) is 0 Å². The summed E-state index contributed by atoms with van der Waals surface area (Å²) in [5.41, 5.74) is 8.14. The third-order valence-electron chi connectivity index (χ3n) is 13.9. The first-order chi connectivity index (χ1) is 33.9. The van der Waals surface area contributed by atoms with E-state index in [2.05, 4.69) is 120 Å². The molecule has 13 rings (SSSR count). The summed E-state index contributed by atoms with van der Waals surface area (Å²) in [5, 5.41) is 12.8. The van der Waals surface area contributed by atoms with Gasteiger partial charge in [-0.1, -0.05) is 218 Å². The van der Waals surface area contributed by atoms with Gasteiger partial charge in [-0.3, -0.25) is 4.40 Å². The number of imidazole rings is 1. The van der Waals surface area contributed by atoms with Crippen LogP contribution in [0.5, 0.6) is 0 Å². The fraction of sp³-hybridized carbons (Fsp3) is 0. The molecule has 11 aromatic carbocycles. The molecule has 0 aliphatic carbocycles. The molecular formula is C63H42N2O2P2. The molecule has 0 radical (unpaired) electrons. The predicted molar refractivity (Wildman–Crippen MR) is 292 cm³/mol. The van der Waals surface area contributed by atoms with Gasteiger partial charge in [0.05, 0.1) is 16.6 Å². The second-order valence-electron chi connectivity index (χ2n) is 17.8. The zero-order valence-corrected chi connectivity index (χ0v) is 39.1. The fourth-order valence-electron chi connectivity index (χ4n) is 10.5. The highest BCUT2D eigenvalue weighted by molar-refractivity contribution is 7.85. The first kappa shape index (κ1) is 41.1. The molecule has 0 spiro atoms. The summed E-state index contributed by atoms with van der Waals surface area (Å²) in [6, 6.07) is 86.8. The van der Waals surface area contributed by atoms with Gasteiger partial charge in [-0.25, -0.2) is 4.98 Å². The van der Waals surface area contributed by atoms with Crippen molar-refractivity contribution in [2.75, 3.05) is 0 Å². The van der Waals surface area contributed by atoms with Crippen molar-refractivity contribution in [3.05, 3.63) is 255 Å². The number of hydrogen-bond acceptors (Lipinski definition) is 3. The maximum Gasteiger partial charge on any atom is 0.171 e. The molecule has 0 atom stereocenters. The Kier molecular flexibility index (Phi) is 9.70. The van der Waals surface area contributed by atoms with E-state index in [1.807, 2.05) is 140 Å². The smallest absolute Gasteiger partial charge is 0.171 e. The number of fused-ring (bicyclic) bond motifs is 11. The highest BCUT2D eigenvalue weighted by atomic mass is 31.2. The van der Waals surface area contributed by atoms with Crippen LogP contribution in [0.15, 0.2) is 255 Å². The zero-order chi connectivity index (χ0) is 46.1. The number of nitrogens with zero attached hydrogens (tertiary/aromatic N) is 2. The Hall–Kier alpha value is -8.13. The Bertz CT molecular complexity index is 4140. The average molecular weight is 921 g/mol. The summed E-state index contributed by atoms with van der Waals surface area (Å²) in [6.45, 7) is 0. The van der Waals surface area contributed by atoms with Gasteiger partial charge >= 0.3 is 0 Å². The molecule has 326 valence electrons. The van der Waals surface area contributed by atoms with Crippen LogP contribution < -0.4 is 31.8 Å². The largest absolute Gasteiger partial charge is 0.309 e. The number of aromatic nitrogens is 2. The molecule has 2 aromatic heterocycles. The number of rotatable bonds is 8. The second-order valence-corrected chi connectivity index (χ2v) is 23.3. The predicted octanol–water partition coefficient (Wildman–Crippen LogP) is 13.7. The van der Waals surface area contributed by atoms with E-state index in [4.69, 9.17) is 4.98 Å². The van der Waals surface area contributed by atoms with Crippen molar-refractivity contribution in [2.45, 2.75) is 0 Å². The molecular weight excluding hydrogens is 879 g/mol. The van der Waals surface area contributed by atoms with E-state index < -0.39 is 14.3 Å². The van der Waals surface area contributed by atoms with E-state index >= 15 is 9.13 Å². The monoisotopic (exact) mass is 920 g/mol. The molecule has 2 heterocycles. The van der Waals surface area contributed by atoms with Crippen molar-refractivity contribution < 1.29 is 9.13 Å². The van der Waals surface area contributed by atoms with Crippen LogP contribution in [0, 0.1) is 0 Å². The summed E-state index contributed by atoms with van der Waals surface area (Å²) in [5.74, 6) is 0. The molecule has 13 aromatic rings. The van der Waals surface area contributed by atoms with Gasteiger partial charge < -0.3 is 9.13 Å². The summed E-state index contributed by atoms with van der Waals surface area (Å²) in [7, 11) is -6.25. The molecule has 0 aliphatic rings. The summed E-state index contributed by atoms with van der Waals surface area (Å²) in [6.07, 6.45) is 0. The molecule has 0 amide bonds. The maximum atomic E-state index is 15.3.